The Morgan fingerprint density at radius 1 is 1.57 bits per heavy atom. The van der Waals surface area contributed by atoms with Crippen molar-refractivity contribution in [3.8, 4) is 0 Å². The zero-order valence-corrected chi connectivity index (χ0v) is 9.19. The lowest BCUT2D eigenvalue weighted by Gasteiger charge is -2.22. The third kappa shape index (κ3) is 4.30. The van der Waals surface area contributed by atoms with E-state index in [1.54, 1.807) is 0 Å². The van der Waals surface area contributed by atoms with Gasteiger partial charge in [-0.15, -0.1) is 0 Å². The highest BCUT2D eigenvalue weighted by Gasteiger charge is 2.14. The Bertz CT molecular complexity index is 183. The number of amides is 1. The second-order valence-electron chi connectivity index (χ2n) is 3.66. The Morgan fingerprint density at radius 2 is 2.36 bits per heavy atom. The Labute approximate surface area is 89.2 Å². The monoisotopic (exact) mass is 217 g/mol. The van der Waals surface area contributed by atoms with Crippen LogP contribution in [0.5, 0.6) is 0 Å². The molecule has 1 rings (SSSR count). The summed E-state index contributed by atoms with van der Waals surface area (Å²) in [5.41, 5.74) is 10.5. The first-order valence-corrected chi connectivity index (χ1v) is 6.12. The third-order valence-corrected chi connectivity index (χ3v) is 3.77. The molecule has 0 radical (unpaired) electrons. The molecule has 0 aromatic heterocycles. The van der Waals surface area contributed by atoms with Crippen molar-refractivity contribution in [2.24, 2.45) is 11.5 Å². The van der Waals surface area contributed by atoms with Crippen molar-refractivity contribution in [3.63, 3.8) is 0 Å². The van der Waals surface area contributed by atoms with Crippen molar-refractivity contribution in [2.45, 2.75) is 30.6 Å². The van der Waals surface area contributed by atoms with Gasteiger partial charge in [-0.1, -0.05) is 6.42 Å². The van der Waals surface area contributed by atoms with Crippen LogP contribution in [-0.4, -0.2) is 36.0 Å². The summed E-state index contributed by atoms with van der Waals surface area (Å²) in [6.45, 7) is 1.43. The van der Waals surface area contributed by atoms with Gasteiger partial charge in [-0.05, 0) is 18.6 Å². The maximum absolute atomic E-state index is 10.6. The van der Waals surface area contributed by atoms with Crippen LogP contribution >= 0.6 is 11.8 Å². The van der Waals surface area contributed by atoms with Crippen LogP contribution in [0.1, 0.15) is 19.3 Å². The maximum atomic E-state index is 10.6. The lowest BCUT2D eigenvalue weighted by molar-refractivity contribution is -0.119. The zero-order chi connectivity index (χ0) is 10.4. The van der Waals surface area contributed by atoms with Crippen molar-refractivity contribution in [1.29, 1.82) is 0 Å². The number of nitrogens with one attached hydrogen (secondary N) is 1. The number of carbonyl (C=O) groups is 1. The zero-order valence-electron chi connectivity index (χ0n) is 8.37. The molecular weight excluding hydrogens is 198 g/mol. The smallest absolute Gasteiger partial charge is 0.235 e. The number of carbonyl (C=O) groups excluding carboxylic acids is 1. The van der Waals surface area contributed by atoms with E-state index in [1.807, 2.05) is 11.8 Å². The van der Waals surface area contributed by atoms with E-state index in [2.05, 4.69) is 5.32 Å². The first-order chi connectivity index (χ1) is 6.70. The standard InChI is InChI=1S/C9H19N3OS/c10-8(9(11)13)6-12-5-7-3-1-2-4-14-7/h7-8,12H,1-6,10H2,(H2,11,13). The number of hydrogen-bond donors (Lipinski definition) is 3. The Kier molecular flexibility index (Phi) is 5.29. The molecular formula is C9H19N3OS. The van der Waals surface area contributed by atoms with Crippen molar-refractivity contribution < 1.29 is 4.79 Å². The molecule has 0 aromatic rings. The molecule has 2 atom stereocenters. The molecule has 82 valence electrons. The molecule has 1 amide bonds. The van der Waals surface area contributed by atoms with Crippen LogP contribution < -0.4 is 16.8 Å². The lowest BCUT2D eigenvalue weighted by Crippen LogP contribution is -2.45. The van der Waals surface area contributed by atoms with Gasteiger partial charge in [-0.3, -0.25) is 4.79 Å². The van der Waals surface area contributed by atoms with Crippen molar-refractivity contribution in [2.75, 3.05) is 18.8 Å². The van der Waals surface area contributed by atoms with Gasteiger partial charge in [0.15, 0.2) is 0 Å². The molecule has 1 heterocycles. The van der Waals surface area contributed by atoms with Gasteiger partial charge in [0.25, 0.3) is 0 Å². The summed E-state index contributed by atoms with van der Waals surface area (Å²) in [6.07, 6.45) is 3.92. The van der Waals surface area contributed by atoms with Gasteiger partial charge in [0.2, 0.25) is 5.91 Å². The van der Waals surface area contributed by atoms with E-state index in [-0.39, 0.29) is 0 Å². The summed E-state index contributed by atoms with van der Waals surface area (Å²) >= 11 is 2.00. The topological polar surface area (TPSA) is 81.1 Å². The summed E-state index contributed by atoms with van der Waals surface area (Å²) in [4.78, 5) is 10.6. The first kappa shape index (κ1) is 11.8. The summed E-state index contributed by atoms with van der Waals surface area (Å²) in [5, 5.41) is 3.87. The van der Waals surface area contributed by atoms with E-state index in [9.17, 15) is 4.79 Å². The highest BCUT2D eigenvalue weighted by atomic mass is 32.2. The van der Waals surface area contributed by atoms with Crippen LogP contribution in [0.4, 0.5) is 0 Å². The molecule has 14 heavy (non-hydrogen) atoms. The predicted octanol–water partition coefficient (Wildman–Crippen LogP) is -0.326. The maximum Gasteiger partial charge on any atom is 0.235 e. The molecule has 1 fully saturated rings. The molecule has 1 aliphatic rings. The van der Waals surface area contributed by atoms with Crippen LogP contribution in [-0.2, 0) is 4.79 Å². The lowest BCUT2D eigenvalue weighted by atomic mass is 10.2. The fourth-order valence-electron chi connectivity index (χ4n) is 1.47. The third-order valence-electron chi connectivity index (χ3n) is 2.38. The molecule has 0 spiro atoms. The molecule has 2 unspecified atom stereocenters. The predicted molar refractivity (Wildman–Crippen MR) is 60.1 cm³/mol. The van der Waals surface area contributed by atoms with Crippen molar-refractivity contribution >= 4 is 17.7 Å². The van der Waals surface area contributed by atoms with Gasteiger partial charge in [-0.25, -0.2) is 0 Å². The SMILES string of the molecule is NC(=O)C(N)CNCC1CCCCS1. The summed E-state index contributed by atoms with van der Waals surface area (Å²) < 4.78 is 0. The Balaban J connectivity index is 2.05. The largest absolute Gasteiger partial charge is 0.368 e. The van der Waals surface area contributed by atoms with Gasteiger partial charge >= 0.3 is 0 Å². The second kappa shape index (κ2) is 6.27. The van der Waals surface area contributed by atoms with Crippen LogP contribution in [0, 0.1) is 0 Å². The number of nitrogens with two attached hydrogens (primary N) is 2. The molecule has 0 saturated carbocycles. The normalized spacial score (nSPS) is 24.5. The molecule has 0 bridgehead atoms. The molecule has 0 aromatic carbocycles. The quantitative estimate of drug-likeness (QED) is 0.589. The van der Waals surface area contributed by atoms with E-state index < -0.39 is 11.9 Å². The van der Waals surface area contributed by atoms with Crippen molar-refractivity contribution in [3.05, 3.63) is 0 Å². The summed E-state index contributed by atoms with van der Waals surface area (Å²) in [5.74, 6) is 0.822. The fraction of sp³-hybridized carbons (Fsp3) is 0.889. The number of hydrogen-bond acceptors (Lipinski definition) is 4. The van der Waals surface area contributed by atoms with Crippen LogP contribution in [0.3, 0.4) is 0 Å². The minimum atomic E-state index is -0.552. The van der Waals surface area contributed by atoms with Crippen molar-refractivity contribution in [1.82, 2.24) is 5.32 Å². The minimum Gasteiger partial charge on any atom is -0.368 e. The highest BCUT2D eigenvalue weighted by Crippen LogP contribution is 2.24. The number of thioether (sulfide) groups is 1. The van der Waals surface area contributed by atoms with Crippen LogP contribution in [0.15, 0.2) is 0 Å². The van der Waals surface area contributed by atoms with Gasteiger partial charge in [0, 0.05) is 18.3 Å². The van der Waals surface area contributed by atoms with E-state index in [4.69, 9.17) is 11.5 Å². The molecule has 0 aliphatic carbocycles. The Morgan fingerprint density at radius 3 is 2.93 bits per heavy atom. The van der Waals surface area contributed by atoms with Gasteiger partial charge in [0.05, 0.1) is 6.04 Å². The molecule has 5 heteroatoms. The van der Waals surface area contributed by atoms with E-state index >= 15 is 0 Å². The summed E-state index contributed by atoms with van der Waals surface area (Å²) in [6, 6.07) is -0.552. The fourth-order valence-corrected chi connectivity index (χ4v) is 2.74. The second-order valence-corrected chi connectivity index (χ2v) is 5.06. The minimum absolute atomic E-state index is 0.436. The first-order valence-electron chi connectivity index (χ1n) is 5.07. The molecule has 1 saturated heterocycles. The Hall–Kier alpha value is -0.260. The van der Waals surface area contributed by atoms with Gasteiger partial charge in [0.1, 0.15) is 0 Å². The molecule has 4 nitrogen and oxygen atoms in total. The van der Waals surface area contributed by atoms with Gasteiger partial charge in [-0.2, -0.15) is 11.8 Å². The summed E-state index contributed by atoms with van der Waals surface area (Å²) in [7, 11) is 0. The van der Waals surface area contributed by atoms with E-state index in [0.29, 0.717) is 11.8 Å². The van der Waals surface area contributed by atoms with Crippen LogP contribution in [0.25, 0.3) is 0 Å². The number of primary amides is 1. The van der Waals surface area contributed by atoms with Gasteiger partial charge < -0.3 is 16.8 Å². The van der Waals surface area contributed by atoms with E-state index in [0.717, 1.165) is 6.54 Å². The molecule has 1 aliphatic heterocycles. The number of rotatable bonds is 5. The highest BCUT2D eigenvalue weighted by molar-refractivity contribution is 7.99. The average molecular weight is 217 g/mol. The molecule has 5 N–H and O–H groups in total. The van der Waals surface area contributed by atoms with Crippen LogP contribution in [0.2, 0.25) is 0 Å². The average Bonchev–Trinajstić information content (AvgIpc) is 2.19. The van der Waals surface area contributed by atoms with E-state index in [1.165, 1.54) is 25.0 Å².